The number of rotatable bonds is 9. The summed E-state index contributed by atoms with van der Waals surface area (Å²) in [6.45, 7) is 0.116. The zero-order valence-corrected chi connectivity index (χ0v) is 22.3. The molecule has 1 atom stereocenters. The molecule has 10 heteroatoms. The largest absolute Gasteiger partial charge is 0.593 e. The summed E-state index contributed by atoms with van der Waals surface area (Å²) in [6.07, 6.45) is 3.69. The normalized spacial score (nSPS) is 12.1. The third kappa shape index (κ3) is 5.60. The van der Waals surface area contributed by atoms with Crippen LogP contribution in [0.1, 0.15) is 28.8 Å². The molecule has 4 aromatic rings. The van der Waals surface area contributed by atoms with Crippen molar-refractivity contribution in [2.24, 2.45) is 0 Å². The van der Waals surface area contributed by atoms with Crippen LogP contribution in [0.3, 0.4) is 0 Å². The highest BCUT2D eigenvalue weighted by Crippen LogP contribution is 2.41. The number of benzene rings is 2. The van der Waals surface area contributed by atoms with Crippen LogP contribution in [0.2, 0.25) is 5.15 Å². The van der Waals surface area contributed by atoms with Crippen molar-refractivity contribution in [3.05, 3.63) is 70.6 Å². The van der Waals surface area contributed by atoms with Gasteiger partial charge in [0, 0.05) is 36.2 Å². The molecule has 0 spiro atoms. The maximum atomic E-state index is 13.6. The number of nitrogens with zero attached hydrogens (tertiary/aromatic N) is 2. The molecule has 2 heterocycles. The number of aliphatic hydroxyl groups excluding tert-OH is 1. The van der Waals surface area contributed by atoms with Gasteiger partial charge in [0.25, 0.3) is 5.91 Å². The molecule has 0 fully saturated rings. The number of carbonyl (C=O) groups is 1. The number of aliphatic hydroxyl groups is 1. The van der Waals surface area contributed by atoms with E-state index in [9.17, 15) is 13.7 Å². The zero-order chi connectivity index (χ0) is 26.7. The molecule has 7 nitrogen and oxygen atoms in total. The van der Waals surface area contributed by atoms with E-state index in [-0.39, 0.29) is 12.5 Å². The first-order valence-electron chi connectivity index (χ1n) is 11.7. The lowest BCUT2D eigenvalue weighted by Gasteiger charge is -2.22. The van der Waals surface area contributed by atoms with Gasteiger partial charge in [-0.1, -0.05) is 17.7 Å². The Morgan fingerprint density at radius 3 is 2.57 bits per heavy atom. The smallest absolute Gasteiger partial charge is 0.255 e. The van der Waals surface area contributed by atoms with Crippen LogP contribution in [-0.2, 0) is 17.8 Å². The fourth-order valence-electron chi connectivity index (χ4n) is 4.12. The van der Waals surface area contributed by atoms with Gasteiger partial charge in [0.1, 0.15) is 28.6 Å². The molecular weight excluding hydrogens is 517 g/mol. The summed E-state index contributed by atoms with van der Waals surface area (Å²) in [5.74, 6) is -0.474. The Kier molecular flexibility index (Phi) is 8.39. The van der Waals surface area contributed by atoms with Crippen molar-refractivity contribution in [3.8, 4) is 22.6 Å². The number of anilines is 1. The SMILES string of the molecule is CNC(=O)c1c(-c2ccc(F)cc2)oc2cc(N(C)[S+](C)[O-])c(-c3ccc(CCCCO)c(Cl)n3)cc12. The minimum absolute atomic E-state index is 0.116. The van der Waals surface area contributed by atoms with Gasteiger partial charge in [-0.05, 0) is 61.2 Å². The number of carbonyl (C=O) groups excluding carboxylic acids is 1. The lowest BCUT2D eigenvalue weighted by molar-refractivity contribution is 0.0964. The van der Waals surface area contributed by atoms with E-state index in [2.05, 4.69) is 10.3 Å². The van der Waals surface area contributed by atoms with Crippen molar-refractivity contribution in [2.45, 2.75) is 19.3 Å². The number of aromatic nitrogens is 1. The first-order chi connectivity index (χ1) is 17.7. The number of fused-ring (bicyclic) bond motifs is 1. The summed E-state index contributed by atoms with van der Waals surface area (Å²) in [5.41, 5.74) is 3.84. The molecule has 1 amide bonds. The van der Waals surface area contributed by atoms with E-state index in [1.54, 1.807) is 41.9 Å². The monoisotopic (exact) mass is 543 g/mol. The van der Waals surface area contributed by atoms with E-state index in [0.29, 0.717) is 62.8 Å². The van der Waals surface area contributed by atoms with Gasteiger partial charge in [-0.25, -0.2) is 9.37 Å². The quantitative estimate of drug-likeness (QED) is 0.167. The number of furan rings is 1. The second-order valence-electron chi connectivity index (χ2n) is 8.51. The third-order valence-electron chi connectivity index (χ3n) is 6.15. The Balaban J connectivity index is 1.93. The van der Waals surface area contributed by atoms with Crippen molar-refractivity contribution < 1.29 is 23.3 Å². The Bertz CT molecular complexity index is 1430. The molecule has 1 unspecified atom stereocenters. The van der Waals surface area contributed by atoms with Crippen LogP contribution in [0, 0.1) is 5.82 Å². The van der Waals surface area contributed by atoms with E-state index in [0.717, 1.165) is 12.0 Å². The minimum Gasteiger partial charge on any atom is -0.593 e. The molecule has 2 N–H and O–H groups in total. The summed E-state index contributed by atoms with van der Waals surface area (Å²) in [7, 11) is 3.21. The Labute approximate surface area is 222 Å². The molecule has 4 rings (SSSR count). The average Bonchev–Trinajstić information content (AvgIpc) is 3.26. The number of amides is 1. The van der Waals surface area contributed by atoms with Crippen LogP contribution in [0.4, 0.5) is 10.1 Å². The second kappa shape index (κ2) is 11.5. The number of aryl methyl sites for hydroxylation is 1. The van der Waals surface area contributed by atoms with Crippen molar-refractivity contribution in [1.82, 2.24) is 10.3 Å². The first kappa shape index (κ1) is 26.9. The maximum Gasteiger partial charge on any atom is 0.255 e. The molecule has 0 aliphatic rings. The fourth-order valence-corrected chi connectivity index (χ4v) is 4.79. The van der Waals surface area contributed by atoms with E-state index in [1.807, 2.05) is 12.1 Å². The number of hydrogen-bond donors (Lipinski definition) is 2. The predicted molar refractivity (Wildman–Crippen MR) is 146 cm³/mol. The summed E-state index contributed by atoms with van der Waals surface area (Å²) in [6, 6.07) is 12.9. The van der Waals surface area contributed by atoms with Crippen LogP contribution in [0.15, 0.2) is 52.9 Å². The maximum absolute atomic E-state index is 13.6. The summed E-state index contributed by atoms with van der Waals surface area (Å²) in [4.78, 5) is 17.6. The number of halogens is 2. The number of nitrogens with one attached hydrogen (secondary N) is 1. The summed E-state index contributed by atoms with van der Waals surface area (Å²) >= 11 is 5.15. The van der Waals surface area contributed by atoms with Crippen molar-refractivity contribution in [2.75, 3.05) is 31.3 Å². The van der Waals surface area contributed by atoms with Gasteiger partial charge in [-0.3, -0.25) is 4.79 Å². The van der Waals surface area contributed by atoms with E-state index < -0.39 is 17.2 Å². The molecule has 0 aliphatic heterocycles. The molecule has 2 aromatic carbocycles. The molecule has 0 bridgehead atoms. The van der Waals surface area contributed by atoms with Crippen LogP contribution >= 0.6 is 11.6 Å². The topological polar surface area (TPSA) is 102 Å². The highest BCUT2D eigenvalue weighted by Gasteiger charge is 2.26. The molecule has 2 aromatic heterocycles. The number of unbranched alkanes of at least 4 members (excludes halogenated alkanes) is 1. The van der Waals surface area contributed by atoms with Gasteiger partial charge >= 0.3 is 0 Å². The molecule has 0 radical (unpaired) electrons. The minimum atomic E-state index is -1.36. The second-order valence-corrected chi connectivity index (χ2v) is 10.3. The van der Waals surface area contributed by atoms with Crippen molar-refractivity contribution in [3.63, 3.8) is 0 Å². The Hall–Kier alpha value is -3.11. The zero-order valence-electron chi connectivity index (χ0n) is 20.7. The van der Waals surface area contributed by atoms with Gasteiger partial charge < -0.3 is 19.4 Å². The van der Waals surface area contributed by atoms with Gasteiger partial charge in [0.05, 0.1) is 35.4 Å². The molecule has 0 saturated heterocycles. The fraction of sp³-hybridized carbons (Fsp3) is 0.259. The van der Waals surface area contributed by atoms with Crippen LogP contribution < -0.4 is 9.62 Å². The van der Waals surface area contributed by atoms with Gasteiger partial charge in [0.2, 0.25) is 0 Å². The summed E-state index contributed by atoms with van der Waals surface area (Å²) < 4.78 is 33.7. The van der Waals surface area contributed by atoms with Crippen LogP contribution in [0.5, 0.6) is 0 Å². The first-order valence-corrected chi connectivity index (χ1v) is 13.6. The Morgan fingerprint density at radius 2 is 1.95 bits per heavy atom. The predicted octanol–water partition coefficient (Wildman–Crippen LogP) is 5.36. The molecule has 37 heavy (non-hydrogen) atoms. The van der Waals surface area contributed by atoms with Gasteiger partial charge in [0.15, 0.2) is 0 Å². The average molecular weight is 544 g/mol. The summed E-state index contributed by atoms with van der Waals surface area (Å²) in [5, 5.41) is 12.6. The number of hydrogen-bond acceptors (Lipinski definition) is 6. The Morgan fingerprint density at radius 1 is 1.22 bits per heavy atom. The van der Waals surface area contributed by atoms with Crippen molar-refractivity contribution in [1.29, 1.82) is 0 Å². The van der Waals surface area contributed by atoms with E-state index in [4.69, 9.17) is 21.1 Å². The third-order valence-corrected chi connectivity index (χ3v) is 7.44. The van der Waals surface area contributed by atoms with E-state index in [1.165, 1.54) is 19.2 Å². The molecule has 194 valence electrons. The van der Waals surface area contributed by atoms with Crippen molar-refractivity contribution >= 4 is 45.5 Å². The van der Waals surface area contributed by atoms with Gasteiger partial charge in [-0.15, -0.1) is 0 Å². The van der Waals surface area contributed by atoms with Gasteiger partial charge in [-0.2, -0.15) is 4.31 Å². The lowest BCUT2D eigenvalue weighted by Crippen LogP contribution is -2.25. The molecule has 0 aliphatic carbocycles. The van der Waals surface area contributed by atoms with Crippen LogP contribution in [-0.4, -0.2) is 47.5 Å². The molecule has 0 saturated carbocycles. The standard InChI is InChI=1S/C27H27ClFN3O4S/c1-30-27(34)24-20-14-19(21-12-9-17(26(28)31-21)6-4-5-13-33)22(32(2)37(3)35)15-23(20)36-25(24)16-7-10-18(29)11-8-16/h7-12,14-15,33H,4-6,13H2,1-3H3,(H,30,34). The van der Waals surface area contributed by atoms with Crippen LogP contribution in [0.25, 0.3) is 33.6 Å². The highest BCUT2D eigenvalue weighted by atomic mass is 35.5. The molecular formula is C27H27ClFN3O4S. The highest BCUT2D eigenvalue weighted by molar-refractivity contribution is 7.92. The van der Waals surface area contributed by atoms with E-state index >= 15 is 0 Å². The number of pyridine rings is 1. The lowest BCUT2D eigenvalue weighted by atomic mass is 10.00.